The maximum Gasteiger partial charge on any atom is 0.206 e. The molecule has 7 heteroatoms. The highest BCUT2D eigenvalue weighted by atomic mass is 79.9. The van der Waals surface area contributed by atoms with E-state index >= 15 is 0 Å². The molecular formula is C17H10BrCl2NO3. The van der Waals surface area contributed by atoms with E-state index in [9.17, 15) is 15.2 Å². The topological polar surface area (TPSA) is 70.3 Å². The minimum atomic E-state index is -0.587. The van der Waals surface area contributed by atoms with Gasteiger partial charge in [0.15, 0.2) is 11.5 Å². The first-order chi connectivity index (χ1) is 11.4. The second-order valence-corrected chi connectivity index (χ2v) is 6.32. The quantitative estimate of drug-likeness (QED) is 0.411. The molecule has 0 spiro atoms. The van der Waals surface area contributed by atoms with Crippen LogP contribution in [-0.2, 0) is 0 Å². The fourth-order valence-corrected chi connectivity index (χ4v) is 3.03. The number of carbonyl (C=O) groups is 1. The van der Waals surface area contributed by atoms with E-state index in [1.54, 1.807) is 12.1 Å². The van der Waals surface area contributed by atoms with E-state index in [1.165, 1.54) is 31.4 Å². The largest absolute Gasteiger partial charge is 0.503 e. The second kappa shape index (κ2) is 7.71. The number of aromatic hydroxyl groups is 1. The van der Waals surface area contributed by atoms with Gasteiger partial charge in [-0.1, -0.05) is 29.3 Å². The molecule has 0 bridgehead atoms. The summed E-state index contributed by atoms with van der Waals surface area (Å²) < 4.78 is 5.41. The first-order valence-electron chi connectivity index (χ1n) is 6.56. The molecule has 0 atom stereocenters. The number of hydrogen-bond donors (Lipinski definition) is 1. The van der Waals surface area contributed by atoms with Crippen LogP contribution in [0.2, 0.25) is 10.0 Å². The molecule has 122 valence electrons. The molecule has 0 heterocycles. The second-order valence-electron chi connectivity index (χ2n) is 4.65. The lowest BCUT2D eigenvalue weighted by atomic mass is 10.0. The summed E-state index contributed by atoms with van der Waals surface area (Å²) in [5, 5.41) is 19.5. The molecule has 0 unspecified atom stereocenters. The van der Waals surface area contributed by atoms with Crippen LogP contribution in [0.25, 0.3) is 6.08 Å². The van der Waals surface area contributed by atoms with Crippen molar-refractivity contribution in [2.45, 2.75) is 0 Å². The molecule has 0 radical (unpaired) electrons. The smallest absolute Gasteiger partial charge is 0.206 e. The zero-order chi connectivity index (χ0) is 17.9. The van der Waals surface area contributed by atoms with Gasteiger partial charge < -0.3 is 9.84 Å². The van der Waals surface area contributed by atoms with Gasteiger partial charge in [0.05, 0.1) is 27.2 Å². The number of phenolic OH excluding ortho intramolecular Hbond substituents is 1. The molecular weight excluding hydrogens is 417 g/mol. The number of benzene rings is 2. The molecule has 0 amide bonds. The highest BCUT2D eigenvalue weighted by Crippen LogP contribution is 2.36. The third-order valence-electron chi connectivity index (χ3n) is 3.14. The Bertz CT molecular complexity index is 868. The van der Waals surface area contributed by atoms with Crippen molar-refractivity contribution < 1.29 is 14.6 Å². The third-order valence-corrected chi connectivity index (χ3v) is 4.37. The van der Waals surface area contributed by atoms with Crippen LogP contribution in [-0.4, -0.2) is 18.0 Å². The third kappa shape index (κ3) is 3.73. The van der Waals surface area contributed by atoms with E-state index in [1.807, 2.05) is 6.07 Å². The highest BCUT2D eigenvalue weighted by molar-refractivity contribution is 9.10. The molecule has 4 nitrogen and oxygen atoms in total. The van der Waals surface area contributed by atoms with E-state index in [2.05, 4.69) is 15.9 Å². The van der Waals surface area contributed by atoms with Crippen molar-refractivity contribution in [2.24, 2.45) is 0 Å². The lowest BCUT2D eigenvalue weighted by Crippen LogP contribution is -2.04. The van der Waals surface area contributed by atoms with Gasteiger partial charge in [0.1, 0.15) is 11.6 Å². The molecule has 0 aliphatic carbocycles. The number of allylic oxidation sites excluding steroid dienone is 1. The summed E-state index contributed by atoms with van der Waals surface area (Å²) in [5.74, 6) is -0.457. The average Bonchev–Trinajstić information content (AvgIpc) is 2.55. The number of carbonyl (C=O) groups excluding carboxylic acids is 1. The molecule has 0 aliphatic rings. The van der Waals surface area contributed by atoms with Crippen LogP contribution in [0.1, 0.15) is 15.9 Å². The molecule has 0 aromatic heterocycles. The SMILES string of the molecule is COc1cc(C=C(C#N)C(=O)c2c(Cl)cccc2Cl)cc(Br)c1O. The van der Waals surface area contributed by atoms with Gasteiger partial charge in [-0.3, -0.25) is 4.79 Å². The van der Waals surface area contributed by atoms with Crippen molar-refractivity contribution in [2.75, 3.05) is 7.11 Å². The van der Waals surface area contributed by atoms with Crippen LogP contribution in [0.15, 0.2) is 40.4 Å². The van der Waals surface area contributed by atoms with Gasteiger partial charge in [-0.2, -0.15) is 5.26 Å². The number of phenols is 1. The summed E-state index contributed by atoms with van der Waals surface area (Å²) in [4.78, 5) is 12.6. The number of rotatable bonds is 4. The fraction of sp³-hybridized carbons (Fsp3) is 0.0588. The maximum absolute atomic E-state index is 12.6. The van der Waals surface area contributed by atoms with Crippen molar-refractivity contribution in [3.05, 3.63) is 61.5 Å². The van der Waals surface area contributed by atoms with Crippen molar-refractivity contribution in [1.82, 2.24) is 0 Å². The standard InChI is InChI=1S/C17H10BrCl2NO3/c1-24-14-7-9(6-11(18)17(14)23)5-10(8-21)16(22)15-12(19)3-2-4-13(15)20/h2-7,23H,1H3. The Labute approximate surface area is 157 Å². The predicted molar refractivity (Wildman–Crippen MR) is 96.7 cm³/mol. The zero-order valence-corrected chi connectivity index (χ0v) is 15.4. The van der Waals surface area contributed by atoms with Gasteiger partial charge in [0, 0.05) is 0 Å². The Morgan fingerprint density at radius 1 is 1.33 bits per heavy atom. The average molecular weight is 427 g/mol. The van der Waals surface area contributed by atoms with E-state index < -0.39 is 5.78 Å². The Morgan fingerprint density at radius 2 is 1.96 bits per heavy atom. The number of halogens is 3. The number of ether oxygens (including phenoxy) is 1. The predicted octanol–water partition coefficient (Wildman–Crippen LogP) is 5.26. The van der Waals surface area contributed by atoms with Gasteiger partial charge in [0.25, 0.3) is 0 Å². The first kappa shape index (κ1) is 18.3. The summed E-state index contributed by atoms with van der Waals surface area (Å²) >= 11 is 15.2. The minimum Gasteiger partial charge on any atom is -0.503 e. The fourth-order valence-electron chi connectivity index (χ4n) is 2.00. The van der Waals surface area contributed by atoms with Crippen molar-refractivity contribution in [3.8, 4) is 17.6 Å². The molecule has 24 heavy (non-hydrogen) atoms. The molecule has 2 aromatic rings. The lowest BCUT2D eigenvalue weighted by molar-refractivity contribution is 0.104. The number of nitrogens with zero attached hydrogens (tertiary/aromatic N) is 1. The molecule has 2 rings (SSSR count). The van der Waals surface area contributed by atoms with Crippen LogP contribution in [0, 0.1) is 11.3 Å². The number of hydrogen-bond acceptors (Lipinski definition) is 4. The van der Waals surface area contributed by atoms with Gasteiger partial charge in [-0.15, -0.1) is 0 Å². The van der Waals surface area contributed by atoms with Gasteiger partial charge >= 0.3 is 0 Å². The summed E-state index contributed by atoms with van der Waals surface area (Å²) in [5.41, 5.74) is 0.410. The Balaban J connectivity index is 2.53. The highest BCUT2D eigenvalue weighted by Gasteiger charge is 2.19. The van der Waals surface area contributed by atoms with E-state index in [4.69, 9.17) is 27.9 Å². The maximum atomic E-state index is 12.6. The molecule has 0 aliphatic heterocycles. The van der Waals surface area contributed by atoms with Crippen molar-refractivity contribution in [1.29, 1.82) is 5.26 Å². The molecule has 2 aromatic carbocycles. The molecule has 0 saturated carbocycles. The summed E-state index contributed by atoms with van der Waals surface area (Å²) in [7, 11) is 1.40. The number of ketones is 1. The molecule has 0 saturated heterocycles. The van der Waals surface area contributed by atoms with Gasteiger partial charge in [-0.05, 0) is 51.8 Å². The molecule has 1 N–H and O–H groups in total. The van der Waals surface area contributed by atoms with Crippen molar-refractivity contribution in [3.63, 3.8) is 0 Å². The lowest BCUT2D eigenvalue weighted by Gasteiger charge is -2.08. The summed E-state index contributed by atoms with van der Waals surface area (Å²) in [6, 6.07) is 9.56. The normalized spacial score (nSPS) is 11.0. The van der Waals surface area contributed by atoms with E-state index in [0.717, 1.165) is 0 Å². The van der Waals surface area contributed by atoms with Crippen LogP contribution < -0.4 is 4.74 Å². The Hall–Kier alpha value is -2.00. The van der Waals surface area contributed by atoms with Crippen LogP contribution in [0.3, 0.4) is 0 Å². The van der Waals surface area contributed by atoms with Crippen LogP contribution >= 0.6 is 39.1 Å². The van der Waals surface area contributed by atoms with Crippen LogP contribution in [0.4, 0.5) is 0 Å². The number of methoxy groups -OCH3 is 1. The Kier molecular flexibility index (Phi) is 5.89. The first-order valence-corrected chi connectivity index (χ1v) is 8.11. The number of nitriles is 1. The summed E-state index contributed by atoms with van der Waals surface area (Å²) in [6.45, 7) is 0. The zero-order valence-electron chi connectivity index (χ0n) is 12.3. The Morgan fingerprint density at radius 3 is 2.50 bits per heavy atom. The van der Waals surface area contributed by atoms with Gasteiger partial charge in [-0.25, -0.2) is 0 Å². The van der Waals surface area contributed by atoms with E-state index in [-0.39, 0.29) is 32.7 Å². The molecule has 0 fully saturated rings. The monoisotopic (exact) mass is 425 g/mol. The summed E-state index contributed by atoms with van der Waals surface area (Å²) in [6.07, 6.45) is 1.37. The number of Topliss-reactive ketones (excluding diaryl/α,β-unsaturated/α-hetero) is 1. The van der Waals surface area contributed by atoms with E-state index in [0.29, 0.717) is 10.0 Å². The van der Waals surface area contributed by atoms with Crippen LogP contribution in [0.5, 0.6) is 11.5 Å². The minimum absolute atomic E-state index is 0.0680. The van der Waals surface area contributed by atoms with Gasteiger partial charge in [0.2, 0.25) is 5.78 Å². The van der Waals surface area contributed by atoms with Crippen molar-refractivity contribution >= 4 is 51.0 Å².